The molecule has 0 bridgehead atoms. The van der Waals surface area contributed by atoms with Crippen molar-refractivity contribution in [3.05, 3.63) is 99.3 Å². The van der Waals surface area contributed by atoms with Gasteiger partial charge in [-0.1, -0.05) is 54.6 Å². The summed E-state index contributed by atoms with van der Waals surface area (Å²) in [4.78, 5) is 13.1. The molecule has 32 heavy (non-hydrogen) atoms. The van der Waals surface area contributed by atoms with Gasteiger partial charge in [-0.05, 0) is 58.0 Å². The fourth-order valence-electron chi connectivity index (χ4n) is 4.94. The summed E-state index contributed by atoms with van der Waals surface area (Å²) < 4.78 is 52.2. The molecule has 2 heterocycles. The van der Waals surface area contributed by atoms with E-state index in [4.69, 9.17) is 4.74 Å². The first-order valence-electron chi connectivity index (χ1n) is 9.94. The minimum absolute atomic E-state index is 0.177. The Morgan fingerprint density at radius 1 is 0.906 bits per heavy atom. The highest BCUT2D eigenvalue weighted by Crippen LogP contribution is 2.58. The van der Waals surface area contributed by atoms with Crippen LogP contribution in [0, 0.1) is 9.49 Å². The Morgan fingerprint density at radius 2 is 1.50 bits per heavy atom. The van der Waals surface area contributed by atoms with E-state index in [1.807, 2.05) is 12.1 Å². The zero-order valence-corrected chi connectivity index (χ0v) is 19.0. The number of halogens is 4. The smallest absolute Gasteiger partial charge is 0.403 e. The topological polar surface area (TPSA) is 31.2 Å². The van der Waals surface area contributed by atoms with E-state index in [-0.39, 0.29) is 5.75 Å². The van der Waals surface area contributed by atoms with E-state index in [2.05, 4.69) is 22.6 Å². The van der Waals surface area contributed by atoms with Crippen molar-refractivity contribution in [2.24, 2.45) is 13.0 Å². The zero-order valence-electron chi connectivity index (χ0n) is 16.9. The van der Waals surface area contributed by atoms with Crippen LogP contribution in [0.5, 0.6) is 5.75 Å². The van der Waals surface area contributed by atoms with Gasteiger partial charge < -0.3 is 9.30 Å². The highest BCUT2D eigenvalue weighted by molar-refractivity contribution is 14.1. The summed E-state index contributed by atoms with van der Waals surface area (Å²) in [6.45, 7) is 0. The number of aryl methyl sites for hydroxylation is 1. The number of carbonyl (C=O) groups excluding carboxylic acids is 1. The number of ether oxygens (including phenoxy) is 1. The molecule has 0 N–H and O–H groups in total. The third-order valence-corrected chi connectivity index (χ3v) is 6.88. The molecule has 0 aliphatic carbocycles. The van der Waals surface area contributed by atoms with Crippen molar-refractivity contribution >= 4 is 39.5 Å². The summed E-state index contributed by atoms with van der Waals surface area (Å²) in [6.07, 6.45) is -4.84. The molecule has 0 fully saturated rings. The molecule has 0 saturated carbocycles. The Morgan fingerprint density at radius 3 is 2.16 bits per heavy atom. The molecule has 162 valence electrons. The molecule has 0 spiro atoms. The Bertz CT molecular complexity index is 1330. The number of alkyl halides is 3. The molecule has 0 amide bonds. The third-order valence-electron chi connectivity index (χ3n) is 6.16. The number of hydrogen-bond donors (Lipinski definition) is 0. The lowest BCUT2D eigenvalue weighted by molar-refractivity contribution is -0.203. The van der Waals surface area contributed by atoms with E-state index in [0.717, 1.165) is 3.57 Å². The molecule has 2 unspecified atom stereocenters. The van der Waals surface area contributed by atoms with Crippen molar-refractivity contribution in [2.45, 2.75) is 11.6 Å². The number of hydrogen-bond acceptors (Lipinski definition) is 2. The van der Waals surface area contributed by atoms with Gasteiger partial charge in [-0.15, -0.1) is 0 Å². The second-order valence-corrected chi connectivity index (χ2v) is 9.08. The zero-order chi connectivity index (χ0) is 22.7. The van der Waals surface area contributed by atoms with Gasteiger partial charge >= 0.3 is 12.1 Å². The molecule has 0 saturated heterocycles. The Balaban J connectivity index is 2.02. The van der Waals surface area contributed by atoms with Crippen LogP contribution in [-0.2, 0) is 17.3 Å². The molecule has 4 aromatic rings. The number of esters is 1. The van der Waals surface area contributed by atoms with Gasteiger partial charge in [0, 0.05) is 16.0 Å². The highest BCUT2D eigenvalue weighted by Gasteiger charge is 2.65. The molecular formula is C25H17F3INO2. The maximum atomic E-state index is 14.7. The number of para-hydroxylation sites is 1. The van der Waals surface area contributed by atoms with Crippen LogP contribution in [0.2, 0.25) is 0 Å². The van der Waals surface area contributed by atoms with Crippen LogP contribution in [0.3, 0.4) is 0 Å². The summed E-state index contributed by atoms with van der Waals surface area (Å²) in [6, 6.07) is 22.5. The number of rotatable bonds is 2. The van der Waals surface area contributed by atoms with Crippen LogP contribution in [0.4, 0.5) is 13.2 Å². The summed E-state index contributed by atoms with van der Waals surface area (Å²) in [7, 11) is 1.72. The summed E-state index contributed by atoms with van der Waals surface area (Å²) in [5.74, 6) is -3.53. The first-order chi connectivity index (χ1) is 15.3. The molecule has 1 aromatic heterocycles. The maximum Gasteiger partial charge on any atom is 0.403 e. The van der Waals surface area contributed by atoms with Crippen LogP contribution >= 0.6 is 22.6 Å². The monoisotopic (exact) mass is 547 g/mol. The second kappa shape index (κ2) is 7.37. The van der Waals surface area contributed by atoms with Crippen LogP contribution in [-0.4, -0.2) is 16.7 Å². The van der Waals surface area contributed by atoms with Gasteiger partial charge in [0.15, 0.2) is 11.7 Å². The van der Waals surface area contributed by atoms with Gasteiger partial charge in [-0.25, -0.2) is 0 Å². The number of benzene rings is 3. The predicted octanol–water partition coefficient (Wildman–Crippen LogP) is 6.21. The van der Waals surface area contributed by atoms with E-state index < -0.39 is 23.5 Å². The first-order valence-corrected chi connectivity index (χ1v) is 11.0. The normalized spacial score (nSPS) is 20.8. The van der Waals surface area contributed by atoms with E-state index in [0.29, 0.717) is 27.7 Å². The second-order valence-electron chi connectivity index (χ2n) is 7.83. The molecule has 3 nitrogen and oxygen atoms in total. The molecule has 1 aliphatic rings. The lowest BCUT2D eigenvalue weighted by Crippen LogP contribution is -2.54. The minimum atomic E-state index is -4.84. The van der Waals surface area contributed by atoms with Crippen molar-refractivity contribution in [3.8, 4) is 5.75 Å². The Labute approximate surface area is 195 Å². The van der Waals surface area contributed by atoms with Gasteiger partial charge in [0.2, 0.25) is 0 Å². The largest absolute Gasteiger partial charge is 0.423 e. The van der Waals surface area contributed by atoms with Crippen LogP contribution in [0.1, 0.15) is 16.8 Å². The van der Waals surface area contributed by atoms with Gasteiger partial charge in [0.05, 0.1) is 16.6 Å². The van der Waals surface area contributed by atoms with Crippen molar-refractivity contribution < 1.29 is 22.7 Å². The molecule has 3 aromatic carbocycles. The van der Waals surface area contributed by atoms with E-state index in [1.165, 1.54) is 0 Å². The van der Waals surface area contributed by atoms with Crippen LogP contribution < -0.4 is 4.74 Å². The molecule has 7 heteroatoms. The van der Waals surface area contributed by atoms with Crippen LogP contribution in [0.15, 0.2) is 78.9 Å². The van der Waals surface area contributed by atoms with E-state index >= 15 is 0 Å². The third kappa shape index (κ3) is 2.90. The van der Waals surface area contributed by atoms with Crippen molar-refractivity contribution in [1.82, 2.24) is 4.57 Å². The molecular weight excluding hydrogens is 530 g/mol. The molecule has 2 atom stereocenters. The Hall–Kier alpha value is -2.81. The van der Waals surface area contributed by atoms with Crippen molar-refractivity contribution in [1.29, 1.82) is 0 Å². The lowest BCUT2D eigenvalue weighted by atomic mass is 9.62. The van der Waals surface area contributed by atoms with Crippen molar-refractivity contribution in [3.63, 3.8) is 0 Å². The maximum absolute atomic E-state index is 14.7. The summed E-state index contributed by atoms with van der Waals surface area (Å²) >= 11 is 2.11. The SMILES string of the molecule is Cn1c2c(c3ccccc31)OC(=O)C(C(F)(F)F)C2(c1ccccc1)c1ccc(I)cc1. The standard InChI is InChI=1S/C25H17F3INO2/c1-30-19-10-6-5-9-18(19)20-22(30)24(15-7-3-2-4-8-15,16-11-13-17(29)14-12-16)21(23(31)32-20)25(26,27)28/h2-14,21H,1H3. The fourth-order valence-corrected chi connectivity index (χ4v) is 5.30. The highest BCUT2D eigenvalue weighted by atomic mass is 127. The average Bonchev–Trinajstić information content (AvgIpc) is 3.05. The predicted molar refractivity (Wildman–Crippen MR) is 124 cm³/mol. The fraction of sp³-hybridized carbons (Fsp3) is 0.160. The Kier molecular flexibility index (Phi) is 4.85. The van der Waals surface area contributed by atoms with Gasteiger partial charge in [0.25, 0.3) is 0 Å². The summed E-state index contributed by atoms with van der Waals surface area (Å²) in [5.41, 5.74) is -0.0444. The average molecular weight is 547 g/mol. The molecule has 5 rings (SSSR count). The van der Waals surface area contributed by atoms with Gasteiger partial charge in [0.1, 0.15) is 0 Å². The molecule has 0 radical (unpaired) electrons. The lowest BCUT2D eigenvalue weighted by Gasteiger charge is -2.44. The van der Waals surface area contributed by atoms with E-state index in [9.17, 15) is 18.0 Å². The van der Waals surface area contributed by atoms with Crippen molar-refractivity contribution in [2.75, 3.05) is 0 Å². The number of nitrogens with zero attached hydrogens (tertiary/aromatic N) is 1. The van der Waals surface area contributed by atoms with Gasteiger partial charge in [-0.2, -0.15) is 13.2 Å². The van der Waals surface area contributed by atoms with Gasteiger partial charge in [-0.3, -0.25) is 4.79 Å². The minimum Gasteiger partial charge on any atom is -0.423 e. The molecule has 1 aliphatic heterocycles. The van der Waals surface area contributed by atoms with Crippen LogP contribution in [0.25, 0.3) is 10.9 Å². The number of fused-ring (bicyclic) bond motifs is 3. The number of aromatic nitrogens is 1. The summed E-state index contributed by atoms with van der Waals surface area (Å²) in [5, 5.41) is 0.602. The quantitative estimate of drug-likeness (QED) is 0.221. The number of carbonyl (C=O) groups is 1. The first kappa shape index (κ1) is 21.1. The van der Waals surface area contributed by atoms with E-state index in [1.54, 1.807) is 78.3 Å².